The topological polar surface area (TPSA) is 59.4 Å². The minimum absolute atomic E-state index is 0.196. The predicted molar refractivity (Wildman–Crippen MR) is 87.7 cm³/mol. The van der Waals surface area contributed by atoms with Crippen molar-refractivity contribution < 1.29 is 13.9 Å². The van der Waals surface area contributed by atoms with Crippen LogP contribution in [0.25, 0.3) is 5.69 Å². The van der Waals surface area contributed by atoms with Crippen LogP contribution >= 0.6 is 0 Å². The molecule has 0 radical (unpaired) electrons. The summed E-state index contributed by atoms with van der Waals surface area (Å²) < 4.78 is 19.9. The van der Waals surface area contributed by atoms with Crippen LogP contribution in [0.5, 0.6) is 0 Å². The van der Waals surface area contributed by atoms with Crippen molar-refractivity contribution >= 4 is 5.91 Å². The van der Waals surface area contributed by atoms with E-state index in [1.165, 1.54) is 12.1 Å². The third kappa shape index (κ3) is 4.39. The highest BCUT2D eigenvalue weighted by Gasteiger charge is 2.11. The summed E-state index contributed by atoms with van der Waals surface area (Å²) in [6.07, 6.45) is 4.09. The van der Waals surface area contributed by atoms with Crippen LogP contribution in [0.1, 0.15) is 16.9 Å². The van der Waals surface area contributed by atoms with Gasteiger partial charge in [-0.15, -0.1) is 0 Å². The number of carbonyl (C=O) groups is 1. The molecule has 1 N–H and O–H groups in total. The highest BCUT2D eigenvalue weighted by Crippen LogP contribution is 2.10. The number of carbonyl (C=O) groups excluding carboxylic acids is 1. The van der Waals surface area contributed by atoms with Crippen molar-refractivity contribution in [3.8, 4) is 5.69 Å². The molecule has 0 atom stereocenters. The predicted octanol–water partition coefficient (Wildman–Crippen LogP) is 1.46. The molecule has 1 aliphatic rings. The van der Waals surface area contributed by atoms with Crippen molar-refractivity contribution in [1.82, 2.24) is 19.8 Å². The van der Waals surface area contributed by atoms with Gasteiger partial charge < -0.3 is 14.6 Å². The van der Waals surface area contributed by atoms with Gasteiger partial charge >= 0.3 is 0 Å². The largest absolute Gasteiger partial charge is 0.379 e. The fourth-order valence-corrected chi connectivity index (χ4v) is 2.61. The summed E-state index contributed by atoms with van der Waals surface area (Å²) >= 11 is 0. The van der Waals surface area contributed by atoms with Crippen molar-refractivity contribution in [2.75, 3.05) is 39.4 Å². The van der Waals surface area contributed by atoms with Crippen molar-refractivity contribution in [3.05, 3.63) is 48.3 Å². The van der Waals surface area contributed by atoms with Crippen molar-refractivity contribution in [3.63, 3.8) is 0 Å². The maximum atomic E-state index is 12.9. The van der Waals surface area contributed by atoms with E-state index in [2.05, 4.69) is 15.2 Å². The number of aromatic nitrogens is 2. The fourth-order valence-electron chi connectivity index (χ4n) is 2.61. The van der Waals surface area contributed by atoms with E-state index in [0.29, 0.717) is 12.2 Å². The number of hydrogen-bond donors (Lipinski definition) is 1. The summed E-state index contributed by atoms with van der Waals surface area (Å²) in [5.74, 6) is -0.491. The van der Waals surface area contributed by atoms with E-state index < -0.39 is 0 Å². The molecule has 24 heavy (non-hydrogen) atoms. The van der Waals surface area contributed by atoms with Gasteiger partial charge in [0.2, 0.25) is 0 Å². The van der Waals surface area contributed by atoms with E-state index in [9.17, 15) is 9.18 Å². The van der Waals surface area contributed by atoms with Gasteiger partial charge in [0.05, 0.1) is 13.2 Å². The number of hydrogen-bond acceptors (Lipinski definition) is 4. The lowest BCUT2D eigenvalue weighted by molar-refractivity contribution is 0.0374. The van der Waals surface area contributed by atoms with Crippen molar-refractivity contribution in [2.45, 2.75) is 6.42 Å². The first kappa shape index (κ1) is 16.6. The Bertz CT molecular complexity index is 665. The average Bonchev–Trinajstić information content (AvgIpc) is 3.10. The summed E-state index contributed by atoms with van der Waals surface area (Å²) in [6.45, 7) is 5.04. The minimum Gasteiger partial charge on any atom is -0.379 e. The highest BCUT2D eigenvalue weighted by atomic mass is 19.1. The van der Waals surface area contributed by atoms with E-state index in [0.717, 1.165) is 45.0 Å². The third-order valence-electron chi connectivity index (χ3n) is 3.98. The molecule has 3 rings (SSSR count). The van der Waals surface area contributed by atoms with Crippen LogP contribution in [0.4, 0.5) is 4.39 Å². The number of imidazole rings is 1. The molecule has 1 aromatic carbocycles. The zero-order chi connectivity index (χ0) is 16.8. The summed E-state index contributed by atoms with van der Waals surface area (Å²) in [5, 5.41) is 2.88. The number of halogens is 1. The number of nitrogens with zero attached hydrogens (tertiary/aromatic N) is 3. The van der Waals surface area contributed by atoms with Gasteiger partial charge in [-0.1, -0.05) is 0 Å². The van der Waals surface area contributed by atoms with E-state index in [-0.39, 0.29) is 11.7 Å². The second-order valence-corrected chi connectivity index (χ2v) is 5.71. The molecule has 0 bridgehead atoms. The Kier molecular flexibility index (Phi) is 5.55. The molecule has 2 aromatic rings. The number of morpholine rings is 1. The summed E-state index contributed by atoms with van der Waals surface area (Å²) in [4.78, 5) is 18.6. The molecule has 1 aliphatic heterocycles. The molecule has 128 valence electrons. The monoisotopic (exact) mass is 332 g/mol. The molecule has 0 saturated carbocycles. The zero-order valence-corrected chi connectivity index (χ0v) is 13.4. The van der Waals surface area contributed by atoms with Gasteiger partial charge in [-0.3, -0.25) is 9.69 Å². The lowest BCUT2D eigenvalue weighted by atomic mass is 10.3. The Morgan fingerprint density at radius 2 is 2.00 bits per heavy atom. The molecule has 1 fully saturated rings. The molecule has 2 heterocycles. The second-order valence-electron chi connectivity index (χ2n) is 5.71. The van der Waals surface area contributed by atoms with Crippen LogP contribution in [0.3, 0.4) is 0 Å². The van der Waals surface area contributed by atoms with Crippen LogP contribution in [0, 0.1) is 5.82 Å². The molecule has 6 nitrogen and oxygen atoms in total. The highest BCUT2D eigenvalue weighted by molar-refractivity contribution is 5.92. The molecule has 7 heteroatoms. The Labute approximate surface area is 140 Å². The maximum Gasteiger partial charge on any atom is 0.271 e. The lowest BCUT2D eigenvalue weighted by Gasteiger charge is -2.26. The van der Waals surface area contributed by atoms with Gasteiger partial charge in [0.1, 0.15) is 17.8 Å². The van der Waals surface area contributed by atoms with E-state index in [1.54, 1.807) is 29.2 Å². The van der Waals surface area contributed by atoms with Gasteiger partial charge in [-0.2, -0.15) is 0 Å². The second kappa shape index (κ2) is 8.03. The Hall–Kier alpha value is -2.25. The van der Waals surface area contributed by atoms with E-state index >= 15 is 0 Å². The smallest absolute Gasteiger partial charge is 0.271 e. The number of rotatable bonds is 6. The first-order valence-electron chi connectivity index (χ1n) is 8.10. The van der Waals surface area contributed by atoms with Gasteiger partial charge in [-0.05, 0) is 37.2 Å². The van der Waals surface area contributed by atoms with E-state index in [1.807, 2.05) is 0 Å². The maximum absolute atomic E-state index is 12.9. The lowest BCUT2D eigenvalue weighted by Crippen LogP contribution is -2.38. The van der Waals surface area contributed by atoms with E-state index in [4.69, 9.17) is 4.74 Å². The summed E-state index contributed by atoms with van der Waals surface area (Å²) in [5.41, 5.74) is 1.11. The van der Waals surface area contributed by atoms with Crippen molar-refractivity contribution in [1.29, 1.82) is 0 Å². The molecule has 0 spiro atoms. The molecule has 1 aromatic heterocycles. The third-order valence-corrected chi connectivity index (χ3v) is 3.98. The zero-order valence-electron chi connectivity index (χ0n) is 13.4. The van der Waals surface area contributed by atoms with Crippen LogP contribution in [-0.2, 0) is 4.74 Å². The Balaban J connectivity index is 1.46. The number of benzene rings is 1. The average molecular weight is 332 g/mol. The van der Waals surface area contributed by atoms with Crippen LogP contribution in [0.2, 0.25) is 0 Å². The summed E-state index contributed by atoms with van der Waals surface area (Å²) in [7, 11) is 0. The van der Waals surface area contributed by atoms with Gasteiger partial charge in [0, 0.05) is 31.5 Å². The SMILES string of the molecule is O=C(NCCCN1CCOCC1)c1cn(-c2ccc(F)cc2)cn1. The Morgan fingerprint density at radius 3 is 2.75 bits per heavy atom. The number of ether oxygens (including phenoxy) is 1. The summed E-state index contributed by atoms with van der Waals surface area (Å²) in [6, 6.07) is 6.03. The Morgan fingerprint density at radius 1 is 1.25 bits per heavy atom. The number of nitrogens with one attached hydrogen (secondary N) is 1. The van der Waals surface area contributed by atoms with Gasteiger partial charge in [0.15, 0.2) is 0 Å². The van der Waals surface area contributed by atoms with Crippen LogP contribution in [-0.4, -0.2) is 59.8 Å². The molecular formula is C17H21FN4O2. The number of amides is 1. The normalized spacial score (nSPS) is 15.4. The van der Waals surface area contributed by atoms with Gasteiger partial charge in [-0.25, -0.2) is 9.37 Å². The quantitative estimate of drug-likeness (QED) is 0.814. The molecule has 1 saturated heterocycles. The standard InChI is InChI=1S/C17H21FN4O2/c18-14-2-4-15(5-3-14)22-12-16(20-13-22)17(23)19-6-1-7-21-8-10-24-11-9-21/h2-5,12-13H,1,6-11H2,(H,19,23). The van der Waals surface area contributed by atoms with Gasteiger partial charge in [0.25, 0.3) is 5.91 Å². The molecule has 1 amide bonds. The fraction of sp³-hybridized carbons (Fsp3) is 0.412. The molecule has 0 unspecified atom stereocenters. The first-order chi connectivity index (χ1) is 11.7. The first-order valence-corrected chi connectivity index (χ1v) is 8.10. The van der Waals surface area contributed by atoms with Crippen LogP contribution in [0.15, 0.2) is 36.8 Å². The molecular weight excluding hydrogens is 311 g/mol. The molecule has 0 aliphatic carbocycles. The van der Waals surface area contributed by atoms with Crippen LogP contribution < -0.4 is 5.32 Å². The van der Waals surface area contributed by atoms with Crippen molar-refractivity contribution in [2.24, 2.45) is 0 Å². The minimum atomic E-state index is -0.294.